The van der Waals surface area contributed by atoms with Gasteiger partial charge in [-0.05, 0) is 43.2 Å². The standard InChI is InChI=1S/C23H21FN4OS2/c1-15-8-9-16(2)21(12-15)27-11-10-25-22(27)30-13-18-14-31-23(26-18)28(17(3)29)20-7-5-4-6-19(20)24/h4-12,14H,13H2,1-3H3. The molecule has 0 atom stereocenters. The summed E-state index contributed by atoms with van der Waals surface area (Å²) in [7, 11) is 0. The molecule has 0 aliphatic carbocycles. The van der Waals surface area contributed by atoms with Crippen LogP contribution in [0.1, 0.15) is 23.7 Å². The number of imidazole rings is 1. The highest BCUT2D eigenvalue weighted by Gasteiger charge is 2.21. The van der Waals surface area contributed by atoms with Crippen LogP contribution in [0.25, 0.3) is 5.69 Å². The quantitative estimate of drug-likeness (QED) is 0.334. The molecule has 1 amide bonds. The normalized spacial score (nSPS) is 11.0. The van der Waals surface area contributed by atoms with Gasteiger partial charge >= 0.3 is 0 Å². The van der Waals surface area contributed by atoms with E-state index >= 15 is 0 Å². The third-order valence-corrected chi connectivity index (χ3v) is 6.59. The Labute approximate surface area is 188 Å². The Kier molecular flexibility index (Phi) is 6.20. The third kappa shape index (κ3) is 4.55. The summed E-state index contributed by atoms with van der Waals surface area (Å²) in [6, 6.07) is 12.5. The van der Waals surface area contributed by atoms with E-state index in [1.165, 1.54) is 40.4 Å². The van der Waals surface area contributed by atoms with Gasteiger partial charge in [-0.3, -0.25) is 14.3 Å². The van der Waals surface area contributed by atoms with Crippen molar-refractivity contribution in [1.82, 2.24) is 14.5 Å². The van der Waals surface area contributed by atoms with Gasteiger partial charge in [-0.25, -0.2) is 14.4 Å². The zero-order chi connectivity index (χ0) is 22.0. The van der Waals surface area contributed by atoms with E-state index in [1.54, 1.807) is 36.2 Å². The van der Waals surface area contributed by atoms with Crippen LogP contribution in [0.15, 0.2) is 65.4 Å². The second kappa shape index (κ2) is 9.03. The average molecular weight is 453 g/mol. The summed E-state index contributed by atoms with van der Waals surface area (Å²) >= 11 is 2.89. The predicted molar refractivity (Wildman–Crippen MR) is 124 cm³/mol. The molecule has 2 aromatic heterocycles. The molecule has 31 heavy (non-hydrogen) atoms. The van der Waals surface area contributed by atoms with Gasteiger partial charge in [0.2, 0.25) is 5.91 Å². The summed E-state index contributed by atoms with van der Waals surface area (Å²) in [4.78, 5) is 22.6. The van der Waals surface area contributed by atoms with Gasteiger partial charge in [-0.2, -0.15) is 0 Å². The first-order chi connectivity index (χ1) is 14.9. The van der Waals surface area contributed by atoms with Crippen molar-refractivity contribution in [3.05, 3.63) is 82.9 Å². The molecule has 0 spiro atoms. The molecule has 4 aromatic rings. The number of hydrogen-bond acceptors (Lipinski definition) is 5. The van der Waals surface area contributed by atoms with Crippen molar-refractivity contribution < 1.29 is 9.18 Å². The summed E-state index contributed by atoms with van der Waals surface area (Å²) in [6.07, 6.45) is 3.73. The molecule has 4 rings (SSSR count). The predicted octanol–water partition coefficient (Wildman–Crippen LogP) is 6.06. The van der Waals surface area contributed by atoms with Gasteiger partial charge in [0.1, 0.15) is 5.82 Å². The Bertz CT molecular complexity index is 1230. The van der Waals surface area contributed by atoms with Crippen LogP contribution in [0.2, 0.25) is 0 Å². The maximum absolute atomic E-state index is 14.3. The van der Waals surface area contributed by atoms with Crippen LogP contribution in [-0.4, -0.2) is 20.4 Å². The number of aromatic nitrogens is 3. The number of thiazole rings is 1. The first-order valence-electron chi connectivity index (χ1n) is 9.67. The monoisotopic (exact) mass is 452 g/mol. The lowest BCUT2D eigenvalue weighted by Crippen LogP contribution is -2.23. The van der Waals surface area contributed by atoms with Crippen molar-refractivity contribution in [1.29, 1.82) is 0 Å². The number of benzene rings is 2. The van der Waals surface area contributed by atoms with E-state index in [0.717, 1.165) is 16.5 Å². The van der Waals surface area contributed by atoms with Crippen LogP contribution in [0, 0.1) is 19.7 Å². The Hall–Kier alpha value is -2.97. The molecule has 0 unspecified atom stereocenters. The van der Waals surface area contributed by atoms with Gasteiger partial charge in [-0.1, -0.05) is 36.0 Å². The van der Waals surface area contributed by atoms with E-state index in [-0.39, 0.29) is 11.6 Å². The first kappa shape index (κ1) is 21.3. The molecular weight excluding hydrogens is 431 g/mol. The van der Waals surface area contributed by atoms with Crippen LogP contribution >= 0.6 is 23.1 Å². The van der Waals surface area contributed by atoms with Crippen LogP contribution in [-0.2, 0) is 10.5 Å². The third-order valence-electron chi connectivity index (χ3n) is 4.72. The van der Waals surface area contributed by atoms with Crippen molar-refractivity contribution in [3.8, 4) is 5.69 Å². The van der Waals surface area contributed by atoms with Crippen LogP contribution in [0.5, 0.6) is 0 Å². The van der Waals surface area contributed by atoms with E-state index < -0.39 is 5.82 Å². The molecule has 0 N–H and O–H groups in total. The van der Waals surface area contributed by atoms with Crippen molar-refractivity contribution in [2.24, 2.45) is 0 Å². The van der Waals surface area contributed by atoms with Gasteiger partial charge in [0, 0.05) is 30.5 Å². The fourth-order valence-electron chi connectivity index (χ4n) is 3.20. The van der Waals surface area contributed by atoms with Gasteiger partial charge in [-0.15, -0.1) is 11.3 Å². The molecule has 0 aliphatic heterocycles. The lowest BCUT2D eigenvalue weighted by atomic mass is 10.1. The fourth-order valence-corrected chi connectivity index (χ4v) is 5.05. The molecule has 0 fully saturated rings. The topological polar surface area (TPSA) is 51.0 Å². The smallest absolute Gasteiger partial charge is 0.230 e. The number of carbonyl (C=O) groups excluding carboxylic acids is 1. The van der Waals surface area contributed by atoms with Gasteiger partial charge in [0.15, 0.2) is 10.3 Å². The lowest BCUT2D eigenvalue weighted by molar-refractivity contribution is -0.115. The summed E-state index contributed by atoms with van der Waals surface area (Å²) in [5, 5.41) is 3.21. The zero-order valence-electron chi connectivity index (χ0n) is 17.4. The molecule has 158 valence electrons. The number of amides is 1. The molecule has 0 bridgehead atoms. The highest BCUT2D eigenvalue weighted by Crippen LogP contribution is 2.33. The van der Waals surface area contributed by atoms with E-state index in [1.807, 2.05) is 11.6 Å². The van der Waals surface area contributed by atoms with E-state index in [2.05, 4.69) is 46.6 Å². The molecule has 0 saturated heterocycles. The van der Waals surface area contributed by atoms with E-state index in [0.29, 0.717) is 10.9 Å². The lowest BCUT2D eigenvalue weighted by Gasteiger charge is -2.18. The molecular formula is C23H21FN4OS2. The number of nitrogens with zero attached hydrogens (tertiary/aromatic N) is 4. The largest absolute Gasteiger partial charge is 0.295 e. The Morgan fingerprint density at radius 3 is 2.81 bits per heavy atom. The second-order valence-corrected chi connectivity index (χ2v) is 8.86. The molecule has 0 radical (unpaired) electrons. The van der Waals surface area contributed by atoms with Gasteiger partial charge in [0.25, 0.3) is 0 Å². The minimum atomic E-state index is -0.459. The maximum Gasteiger partial charge on any atom is 0.230 e. The second-order valence-electron chi connectivity index (χ2n) is 7.09. The Morgan fingerprint density at radius 1 is 1.23 bits per heavy atom. The molecule has 2 heterocycles. The Morgan fingerprint density at radius 2 is 2.03 bits per heavy atom. The number of anilines is 2. The van der Waals surface area contributed by atoms with Crippen LogP contribution in [0.4, 0.5) is 15.2 Å². The van der Waals surface area contributed by atoms with Crippen molar-refractivity contribution in [2.75, 3.05) is 4.90 Å². The van der Waals surface area contributed by atoms with Crippen molar-refractivity contribution in [2.45, 2.75) is 31.7 Å². The van der Waals surface area contributed by atoms with Crippen molar-refractivity contribution in [3.63, 3.8) is 0 Å². The van der Waals surface area contributed by atoms with Gasteiger partial charge in [0.05, 0.1) is 17.1 Å². The zero-order valence-corrected chi connectivity index (χ0v) is 19.0. The van der Waals surface area contributed by atoms with Gasteiger partial charge < -0.3 is 0 Å². The van der Waals surface area contributed by atoms with Crippen LogP contribution < -0.4 is 4.90 Å². The first-order valence-corrected chi connectivity index (χ1v) is 11.5. The highest BCUT2D eigenvalue weighted by molar-refractivity contribution is 7.98. The molecule has 0 saturated carbocycles. The fraction of sp³-hybridized carbons (Fsp3) is 0.174. The maximum atomic E-state index is 14.3. The molecule has 2 aromatic carbocycles. The number of carbonyl (C=O) groups is 1. The minimum Gasteiger partial charge on any atom is -0.295 e. The molecule has 5 nitrogen and oxygen atoms in total. The number of aryl methyl sites for hydroxylation is 2. The number of para-hydroxylation sites is 1. The Balaban J connectivity index is 1.55. The summed E-state index contributed by atoms with van der Waals surface area (Å²) in [5.41, 5.74) is 4.47. The minimum absolute atomic E-state index is 0.203. The molecule has 8 heteroatoms. The molecule has 0 aliphatic rings. The number of halogens is 1. The average Bonchev–Trinajstić information content (AvgIpc) is 3.39. The van der Waals surface area contributed by atoms with Crippen molar-refractivity contribution >= 4 is 39.8 Å². The SMILES string of the molecule is CC(=O)N(c1nc(CSc2nccn2-c2cc(C)ccc2C)cs1)c1ccccc1F. The summed E-state index contributed by atoms with van der Waals surface area (Å²) < 4.78 is 16.3. The number of hydrogen-bond donors (Lipinski definition) is 0. The van der Waals surface area contributed by atoms with Crippen LogP contribution in [0.3, 0.4) is 0 Å². The summed E-state index contributed by atoms with van der Waals surface area (Å²) in [6.45, 7) is 5.55. The van der Waals surface area contributed by atoms with E-state index in [4.69, 9.17) is 0 Å². The number of thioether (sulfide) groups is 1. The van der Waals surface area contributed by atoms with E-state index in [9.17, 15) is 9.18 Å². The number of rotatable bonds is 6. The summed E-state index contributed by atoms with van der Waals surface area (Å²) in [5.74, 6) is -0.162. The highest BCUT2D eigenvalue weighted by atomic mass is 32.2.